The third kappa shape index (κ3) is 2.53. The molecule has 0 saturated heterocycles. The summed E-state index contributed by atoms with van der Waals surface area (Å²) in [7, 11) is 1.56. The highest BCUT2D eigenvalue weighted by Crippen LogP contribution is 2.46. The number of aromatic amines is 1. The van der Waals surface area contributed by atoms with Crippen molar-refractivity contribution in [3.05, 3.63) is 56.5 Å². The highest BCUT2D eigenvalue weighted by Gasteiger charge is 2.36. The molecule has 0 spiro atoms. The van der Waals surface area contributed by atoms with Crippen molar-refractivity contribution < 1.29 is 9.47 Å². The van der Waals surface area contributed by atoms with Gasteiger partial charge in [-0.25, -0.2) is 0 Å². The summed E-state index contributed by atoms with van der Waals surface area (Å²) in [5, 5.41) is 17.2. The second kappa shape index (κ2) is 6.13. The van der Waals surface area contributed by atoms with Crippen LogP contribution in [0.1, 0.15) is 22.7 Å². The van der Waals surface area contributed by atoms with Crippen LogP contribution in [0, 0.1) is 11.3 Å². The fourth-order valence-electron chi connectivity index (χ4n) is 2.62. The first kappa shape index (κ1) is 15.7. The standard InChI is InChI=1S/C15H12Cl2N4O2/c1-22-6-10-12-11(7-3-2-4-9(16)13(7)17)8(5-18)14(19)23-15(12)21-20-10/h2-4,11H,6,19H2,1H3,(H,20,21)/t11-/m1/s1. The number of nitrogens with two attached hydrogens (primary N) is 1. The van der Waals surface area contributed by atoms with Gasteiger partial charge in [0.1, 0.15) is 11.6 Å². The molecule has 23 heavy (non-hydrogen) atoms. The van der Waals surface area contributed by atoms with Gasteiger partial charge < -0.3 is 15.2 Å². The van der Waals surface area contributed by atoms with Crippen LogP contribution in [-0.2, 0) is 11.3 Å². The minimum Gasteiger partial charge on any atom is -0.420 e. The summed E-state index contributed by atoms with van der Waals surface area (Å²) in [5.41, 5.74) is 8.13. The van der Waals surface area contributed by atoms with E-state index < -0.39 is 5.92 Å². The van der Waals surface area contributed by atoms with Gasteiger partial charge in [0.15, 0.2) is 0 Å². The van der Waals surface area contributed by atoms with Crippen LogP contribution in [0.15, 0.2) is 29.7 Å². The molecule has 2 aromatic rings. The fourth-order valence-corrected chi connectivity index (χ4v) is 3.03. The zero-order valence-electron chi connectivity index (χ0n) is 12.1. The van der Waals surface area contributed by atoms with E-state index >= 15 is 0 Å². The number of H-pyrrole nitrogens is 1. The first-order valence-electron chi connectivity index (χ1n) is 6.66. The largest absolute Gasteiger partial charge is 0.420 e. The van der Waals surface area contributed by atoms with Crippen molar-refractivity contribution in [3.63, 3.8) is 0 Å². The molecule has 3 rings (SSSR count). The summed E-state index contributed by atoms with van der Waals surface area (Å²) in [6.45, 7) is 0.277. The lowest BCUT2D eigenvalue weighted by molar-refractivity contribution is 0.180. The van der Waals surface area contributed by atoms with Gasteiger partial charge in [-0.2, -0.15) is 5.26 Å². The highest BCUT2D eigenvalue weighted by atomic mass is 35.5. The van der Waals surface area contributed by atoms with E-state index in [0.717, 1.165) is 0 Å². The molecule has 0 unspecified atom stereocenters. The van der Waals surface area contributed by atoms with Gasteiger partial charge in [-0.1, -0.05) is 35.3 Å². The van der Waals surface area contributed by atoms with Gasteiger partial charge >= 0.3 is 0 Å². The minimum absolute atomic E-state index is 0.00323. The summed E-state index contributed by atoms with van der Waals surface area (Å²) in [4.78, 5) is 0. The van der Waals surface area contributed by atoms with Crippen LogP contribution in [0.3, 0.4) is 0 Å². The number of fused-ring (bicyclic) bond motifs is 1. The van der Waals surface area contributed by atoms with Crippen LogP contribution < -0.4 is 10.5 Å². The molecule has 8 heteroatoms. The molecule has 0 aliphatic carbocycles. The third-order valence-electron chi connectivity index (χ3n) is 3.60. The SMILES string of the molecule is COCc1[nH]nc2c1[C@H](c1cccc(Cl)c1Cl)C(C#N)=C(N)O2. The maximum absolute atomic E-state index is 9.53. The summed E-state index contributed by atoms with van der Waals surface area (Å²) in [5.74, 6) is -0.232. The molecular formula is C15H12Cl2N4O2. The Bertz CT molecular complexity index is 838. The van der Waals surface area contributed by atoms with E-state index in [9.17, 15) is 5.26 Å². The Morgan fingerprint density at radius 2 is 2.26 bits per heavy atom. The van der Waals surface area contributed by atoms with Gasteiger partial charge in [0.2, 0.25) is 11.8 Å². The molecule has 0 bridgehead atoms. The molecule has 0 radical (unpaired) electrons. The molecule has 0 amide bonds. The number of halogens is 2. The van der Waals surface area contributed by atoms with E-state index in [1.54, 1.807) is 25.3 Å². The first-order chi connectivity index (χ1) is 11.1. The number of rotatable bonds is 3. The zero-order chi connectivity index (χ0) is 16.6. The van der Waals surface area contributed by atoms with Crippen molar-refractivity contribution in [2.24, 2.45) is 5.73 Å². The first-order valence-corrected chi connectivity index (χ1v) is 7.41. The summed E-state index contributed by atoms with van der Waals surface area (Å²) in [6.07, 6.45) is 0. The van der Waals surface area contributed by atoms with Crippen LogP contribution in [-0.4, -0.2) is 17.3 Å². The number of ether oxygens (including phenoxy) is 2. The second-order valence-electron chi connectivity index (χ2n) is 4.92. The lowest BCUT2D eigenvalue weighted by Crippen LogP contribution is -2.21. The monoisotopic (exact) mass is 350 g/mol. The molecule has 6 nitrogen and oxygen atoms in total. The molecule has 0 saturated carbocycles. The van der Waals surface area contributed by atoms with E-state index in [0.29, 0.717) is 32.7 Å². The van der Waals surface area contributed by atoms with Crippen LogP contribution >= 0.6 is 23.2 Å². The predicted molar refractivity (Wildman–Crippen MR) is 85.1 cm³/mol. The number of hydrogen-bond donors (Lipinski definition) is 2. The van der Waals surface area contributed by atoms with Crippen molar-refractivity contribution in [1.82, 2.24) is 10.2 Å². The molecule has 2 heterocycles. The van der Waals surface area contributed by atoms with Gasteiger partial charge in [0.25, 0.3) is 0 Å². The maximum Gasteiger partial charge on any atom is 0.244 e. The van der Waals surface area contributed by atoms with Crippen LogP contribution in [0.5, 0.6) is 5.88 Å². The number of allylic oxidation sites excluding steroid dienone is 1. The molecule has 0 fully saturated rings. The molecule has 1 aromatic heterocycles. The number of benzene rings is 1. The molecule has 1 aromatic carbocycles. The van der Waals surface area contributed by atoms with Gasteiger partial charge in [0.05, 0.1) is 33.8 Å². The Balaban J connectivity index is 2.26. The van der Waals surface area contributed by atoms with Crippen LogP contribution in [0.4, 0.5) is 0 Å². The van der Waals surface area contributed by atoms with E-state index in [2.05, 4.69) is 16.3 Å². The van der Waals surface area contributed by atoms with Gasteiger partial charge in [-0.05, 0) is 11.6 Å². The Hall–Kier alpha value is -2.20. The van der Waals surface area contributed by atoms with Gasteiger partial charge in [0, 0.05) is 7.11 Å². The third-order valence-corrected chi connectivity index (χ3v) is 4.43. The quantitative estimate of drug-likeness (QED) is 0.886. The second-order valence-corrected chi connectivity index (χ2v) is 5.71. The summed E-state index contributed by atoms with van der Waals surface area (Å²) < 4.78 is 10.6. The van der Waals surface area contributed by atoms with Crippen LogP contribution in [0.2, 0.25) is 10.0 Å². The zero-order valence-corrected chi connectivity index (χ0v) is 13.6. The number of nitrogens with zero attached hydrogens (tertiary/aromatic N) is 2. The van der Waals surface area contributed by atoms with Crippen molar-refractivity contribution >= 4 is 23.2 Å². The number of aromatic nitrogens is 2. The summed E-state index contributed by atoms with van der Waals surface area (Å²) in [6, 6.07) is 7.33. The number of nitrogens with one attached hydrogen (secondary N) is 1. The maximum atomic E-state index is 9.53. The van der Waals surface area contributed by atoms with E-state index in [-0.39, 0.29) is 18.1 Å². The number of nitriles is 1. The van der Waals surface area contributed by atoms with E-state index in [1.807, 2.05) is 0 Å². The molecular weight excluding hydrogens is 339 g/mol. The van der Waals surface area contributed by atoms with E-state index in [4.69, 9.17) is 38.4 Å². The topological polar surface area (TPSA) is 97.0 Å². The Morgan fingerprint density at radius 3 is 2.96 bits per heavy atom. The average Bonchev–Trinajstić information content (AvgIpc) is 2.92. The van der Waals surface area contributed by atoms with Crippen molar-refractivity contribution in [3.8, 4) is 11.9 Å². The number of hydrogen-bond acceptors (Lipinski definition) is 5. The molecule has 1 aliphatic rings. The predicted octanol–water partition coefficient (Wildman–Crippen LogP) is 3.08. The molecule has 118 valence electrons. The molecule has 3 N–H and O–H groups in total. The van der Waals surface area contributed by atoms with Gasteiger partial charge in [-0.3, -0.25) is 5.10 Å². The Kier molecular flexibility index (Phi) is 4.18. The smallest absolute Gasteiger partial charge is 0.244 e. The van der Waals surface area contributed by atoms with Crippen molar-refractivity contribution in [2.75, 3.05) is 7.11 Å². The number of methoxy groups -OCH3 is 1. The lowest BCUT2D eigenvalue weighted by atomic mass is 9.84. The summed E-state index contributed by atoms with van der Waals surface area (Å²) >= 11 is 12.5. The molecule has 1 atom stereocenters. The molecule has 1 aliphatic heterocycles. The lowest BCUT2D eigenvalue weighted by Gasteiger charge is -2.24. The highest BCUT2D eigenvalue weighted by molar-refractivity contribution is 6.42. The Labute approximate surface area is 142 Å². The van der Waals surface area contributed by atoms with E-state index in [1.165, 1.54) is 0 Å². The fraction of sp³-hybridized carbons (Fsp3) is 0.200. The van der Waals surface area contributed by atoms with Crippen LogP contribution in [0.25, 0.3) is 0 Å². The Morgan fingerprint density at radius 1 is 1.48 bits per heavy atom. The van der Waals surface area contributed by atoms with Crippen molar-refractivity contribution in [2.45, 2.75) is 12.5 Å². The van der Waals surface area contributed by atoms with Gasteiger partial charge in [-0.15, -0.1) is 5.10 Å². The van der Waals surface area contributed by atoms with Crippen molar-refractivity contribution in [1.29, 1.82) is 5.26 Å². The average molecular weight is 351 g/mol. The minimum atomic E-state index is -0.529. The normalized spacial score (nSPS) is 16.7.